The van der Waals surface area contributed by atoms with Crippen LogP contribution in [-0.4, -0.2) is 30.3 Å². The summed E-state index contributed by atoms with van der Waals surface area (Å²) in [6.07, 6.45) is 1.35. The Balaban J connectivity index is 1.86. The lowest BCUT2D eigenvalue weighted by atomic mass is 9.80. The van der Waals surface area contributed by atoms with Crippen molar-refractivity contribution < 1.29 is 9.18 Å². The summed E-state index contributed by atoms with van der Waals surface area (Å²) in [5.41, 5.74) is 0.799. The van der Waals surface area contributed by atoms with E-state index in [0.29, 0.717) is 23.4 Å². The van der Waals surface area contributed by atoms with Crippen LogP contribution in [0.3, 0.4) is 0 Å². The number of Topliss-reactive ketones (excluding diaryl/α,β-unsaturated/α-hetero) is 1. The first-order valence-electron chi connectivity index (χ1n) is 7.33. The maximum absolute atomic E-state index is 13.5. The quantitative estimate of drug-likeness (QED) is 0.841. The summed E-state index contributed by atoms with van der Waals surface area (Å²) in [7, 11) is 0. The zero-order valence-corrected chi connectivity index (χ0v) is 12.7. The van der Waals surface area contributed by atoms with Crippen molar-refractivity contribution in [3.63, 3.8) is 0 Å². The Kier molecular flexibility index (Phi) is 4.59. The molecule has 1 aliphatic rings. The molecule has 0 aliphatic carbocycles. The second kappa shape index (κ2) is 6.04. The highest BCUT2D eigenvalue weighted by Gasteiger charge is 2.32. The first kappa shape index (κ1) is 15.2. The second-order valence-electron chi connectivity index (χ2n) is 6.89. The van der Waals surface area contributed by atoms with Crippen LogP contribution >= 0.6 is 0 Å². The van der Waals surface area contributed by atoms with E-state index in [1.165, 1.54) is 6.07 Å². The minimum Gasteiger partial charge on any atom is -0.298 e. The molecule has 0 spiro atoms. The average Bonchev–Trinajstić information content (AvgIpc) is 2.80. The minimum absolute atomic E-state index is 0.102. The van der Waals surface area contributed by atoms with Gasteiger partial charge in [0.25, 0.3) is 0 Å². The van der Waals surface area contributed by atoms with Crippen molar-refractivity contribution in [3.8, 4) is 0 Å². The number of ketones is 1. The number of benzene rings is 1. The van der Waals surface area contributed by atoms with Gasteiger partial charge in [0.05, 0.1) is 6.54 Å². The van der Waals surface area contributed by atoms with Crippen LogP contribution in [0.25, 0.3) is 0 Å². The average molecular weight is 277 g/mol. The van der Waals surface area contributed by atoms with Gasteiger partial charge in [-0.2, -0.15) is 0 Å². The summed E-state index contributed by atoms with van der Waals surface area (Å²) in [5, 5.41) is 0. The van der Waals surface area contributed by atoms with E-state index < -0.39 is 0 Å². The molecule has 110 valence electrons. The Morgan fingerprint density at radius 3 is 2.65 bits per heavy atom. The van der Waals surface area contributed by atoms with Crippen LogP contribution in [0.15, 0.2) is 24.3 Å². The highest BCUT2D eigenvalue weighted by atomic mass is 19.1. The SMILES string of the molecule is CC(C)(C)C1CCN(CC(=O)Cc2ccccc2F)C1. The van der Waals surface area contributed by atoms with Gasteiger partial charge in [-0.15, -0.1) is 0 Å². The van der Waals surface area contributed by atoms with Gasteiger partial charge in [0.1, 0.15) is 5.82 Å². The van der Waals surface area contributed by atoms with E-state index in [1.807, 2.05) is 0 Å². The normalized spacial score (nSPS) is 20.3. The highest BCUT2D eigenvalue weighted by Crippen LogP contribution is 2.33. The number of carbonyl (C=O) groups excluding carboxylic acids is 1. The molecule has 1 atom stereocenters. The van der Waals surface area contributed by atoms with Crippen LogP contribution in [0.1, 0.15) is 32.8 Å². The van der Waals surface area contributed by atoms with Crippen LogP contribution in [0.5, 0.6) is 0 Å². The third-order valence-electron chi connectivity index (χ3n) is 4.24. The molecule has 0 bridgehead atoms. The van der Waals surface area contributed by atoms with E-state index in [2.05, 4.69) is 25.7 Å². The number of hydrogen-bond donors (Lipinski definition) is 0. The molecule has 1 unspecified atom stereocenters. The van der Waals surface area contributed by atoms with E-state index in [-0.39, 0.29) is 18.0 Å². The summed E-state index contributed by atoms with van der Waals surface area (Å²) in [4.78, 5) is 14.3. The van der Waals surface area contributed by atoms with E-state index in [4.69, 9.17) is 0 Å². The number of likely N-dealkylation sites (tertiary alicyclic amines) is 1. The Morgan fingerprint density at radius 1 is 1.35 bits per heavy atom. The van der Waals surface area contributed by atoms with Gasteiger partial charge in [-0.05, 0) is 35.9 Å². The number of rotatable bonds is 4. The van der Waals surface area contributed by atoms with Gasteiger partial charge in [0.2, 0.25) is 0 Å². The lowest BCUT2D eigenvalue weighted by Crippen LogP contribution is -2.31. The zero-order chi connectivity index (χ0) is 14.8. The van der Waals surface area contributed by atoms with Gasteiger partial charge in [0, 0.05) is 13.0 Å². The molecule has 0 saturated carbocycles. The molecule has 1 aromatic rings. The number of carbonyl (C=O) groups is 1. The molecule has 0 radical (unpaired) electrons. The maximum Gasteiger partial charge on any atom is 0.151 e. The Morgan fingerprint density at radius 2 is 2.05 bits per heavy atom. The van der Waals surface area contributed by atoms with E-state index in [1.54, 1.807) is 18.2 Å². The molecule has 0 amide bonds. The van der Waals surface area contributed by atoms with Crippen LogP contribution in [0, 0.1) is 17.2 Å². The summed E-state index contributed by atoms with van der Waals surface area (Å²) in [5.74, 6) is 0.461. The predicted octanol–water partition coefficient (Wildman–Crippen LogP) is 3.31. The Bertz CT molecular complexity index is 478. The van der Waals surface area contributed by atoms with Crippen molar-refractivity contribution in [2.45, 2.75) is 33.6 Å². The van der Waals surface area contributed by atoms with Crippen molar-refractivity contribution in [1.29, 1.82) is 0 Å². The van der Waals surface area contributed by atoms with Gasteiger partial charge >= 0.3 is 0 Å². The fourth-order valence-corrected chi connectivity index (χ4v) is 2.84. The summed E-state index contributed by atoms with van der Waals surface area (Å²) in [6, 6.07) is 6.53. The van der Waals surface area contributed by atoms with Crippen LogP contribution in [-0.2, 0) is 11.2 Å². The van der Waals surface area contributed by atoms with E-state index >= 15 is 0 Å². The number of hydrogen-bond acceptors (Lipinski definition) is 2. The predicted molar refractivity (Wildman–Crippen MR) is 79.1 cm³/mol. The van der Waals surface area contributed by atoms with Crippen LogP contribution < -0.4 is 0 Å². The Labute approximate surface area is 121 Å². The third kappa shape index (κ3) is 3.89. The fourth-order valence-electron chi connectivity index (χ4n) is 2.84. The number of nitrogens with zero attached hydrogens (tertiary/aromatic N) is 1. The zero-order valence-electron chi connectivity index (χ0n) is 12.7. The summed E-state index contributed by atoms with van der Waals surface area (Å²) < 4.78 is 13.5. The first-order chi connectivity index (χ1) is 9.36. The van der Waals surface area contributed by atoms with E-state index in [9.17, 15) is 9.18 Å². The van der Waals surface area contributed by atoms with Gasteiger partial charge in [-0.25, -0.2) is 4.39 Å². The summed E-state index contributed by atoms with van der Waals surface area (Å²) in [6.45, 7) is 9.16. The monoisotopic (exact) mass is 277 g/mol. The van der Waals surface area contributed by atoms with Gasteiger partial charge in [-0.3, -0.25) is 9.69 Å². The van der Waals surface area contributed by atoms with Crippen LogP contribution in [0.2, 0.25) is 0 Å². The Hall–Kier alpha value is -1.22. The smallest absolute Gasteiger partial charge is 0.151 e. The van der Waals surface area contributed by atoms with Crippen molar-refractivity contribution in [1.82, 2.24) is 4.90 Å². The summed E-state index contributed by atoms with van der Waals surface area (Å²) >= 11 is 0. The standard InChI is InChI=1S/C17H24FNO/c1-17(2,3)14-8-9-19(11-14)12-15(20)10-13-6-4-5-7-16(13)18/h4-7,14H,8-12H2,1-3H3. The largest absolute Gasteiger partial charge is 0.298 e. The number of halogens is 1. The van der Waals surface area contributed by atoms with Crippen molar-refractivity contribution in [2.75, 3.05) is 19.6 Å². The molecule has 0 N–H and O–H groups in total. The van der Waals surface area contributed by atoms with Gasteiger partial charge in [0.15, 0.2) is 5.78 Å². The second-order valence-corrected chi connectivity index (χ2v) is 6.89. The van der Waals surface area contributed by atoms with Crippen LogP contribution in [0.4, 0.5) is 4.39 Å². The molecular formula is C17H24FNO. The molecule has 2 rings (SSSR count). The molecule has 3 heteroatoms. The molecular weight excluding hydrogens is 253 g/mol. The fraction of sp³-hybridized carbons (Fsp3) is 0.588. The third-order valence-corrected chi connectivity index (χ3v) is 4.24. The maximum atomic E-state index is 13.5. The molecule has 1 aliphatic heterocycles. The first-order valence-corrected chi connectivity index (χ1v) is 7.33. The van der Waals surface area contributed by atoms with Crippen molar-refractivity contribution in [3.05, 3.63) is 35.6 Å². The van der Waals surface area contributed by atoms with Gasteiger partial charge in [-0.1, -0.05) is 39.0 Å². The highest BCUT2D eigenvalue weighted by molar-refractivity contribution is 5.82. The lowest BCUT2D eigenvalue weighted by Gasteiger charge is -2.27. The van der Waals surface area contributed by atoms with Crippen molar-refractivity contribution in [2.24, 2.45) is 11.3 Å². The molecule has 1 heterocycles. The molecule has 0 aromatic heterocycles. The minimum atomic E-state index is -0.283. The van der Waals surface area contributed by atoms with Gasteiger partial charge < -0.3 is 0 Å². The molecule has 1 aromatic carbocycles. The van der Waals surface area contributed by atoms with Crippen molar-refractivity contribution >= 4 is 5.78 Å². The molecule has 1 fully saturated rings. The molecule has 2 nitrogen and oxygen atoms in total. The molecule has 1 saturated heterocycles. The lowest BCUT2D eigenvalue weighted by molar-refractivity contribution is -0.119. The topological polar surface area (TPSA) is 20.3 Å². The van der Waals surface area contributed by atoms with E-state index in [0.717, 1.165) is 19.5 Å². The molecule has 20 heavy (non-hydrogen) atoms.